The fraction of sp³-hybridized carbons (Fsp3) is 0.227. The van der Waals surface area contributed by atoms with Gasteiger partial charge in [0, 0.05) is 35.5 Å². The van der Waals surface area contributed by atoms with Gasteiger partial charge in [-0.25, -0.2) is 9.98 Å². The first kappa shape index (κ1) is 20.8. The first-order valence-electron chi connectivity index (χ1n) is 9.81. The monoisotopic (exact) mass is 437 g/mol. The number of aromatic amines is 1. The van der Waals surface area contributed by atoms with Crippen LogP contribution in [0.25, 0.3) is 6.08 Å². The third-order valence-corrected chi connectivity index (χ3v) is 6.04. The summed E-state index contributed by atoms with van der Waals surface area (Å²) in [6.45, 7) is 5.38. The van der Waals surface area contributed by atoms with Crippen LogP contribution in [-0.4, -0.2) is 26.7 Å². The highest BCUT2D eigenvalue weighted by atomic mass is 32.2. The standard InChI is InChI=1S/C22H23N5O3S/c1-3-12(28)9-15-11(2)25-22(27-15)31-18-8-7-17(30-18)19-13(10-23)21(24)26-14-5-4-6-16(29)20(14)19/h3,7-10,19,28H,1,4-6,23H2,2H3,(H2,24,26)(H,25,27)/b12-9+,13-10-. The first-order chi connectivity index (χ1) is 14.9. The number of nitrogens with one attached hydrogen (secondary N) is 1. The van der Waals surface area contributed by atoms with Crippen molar-refractivity contribution in [2.45, 2.75) is 42.4 Å². The maximum atomic E-state index is 12.7. The summed E-state index contributed by atoms with van der Waals surface area (Å²) in [6, 6.07) is 3.64. The number of aliphatic hydroxyl groups excluding tert-OH is 1. The van der Waals surface area contributed by atoms with Gasteiger partial charge in [-0.2, -0.15) is 0 Å². The molecule has 0 bridgehead atoms. The molecule has 1 unspecified atom stereocenters. The van der Waals surface area contributed by atoms with Crippen molar-refractivity contribution in [2.75, 3.05) is 0 Å². The van der Waals surface area contributed by atoms with Crippen LogP contribution in [0.4, 0.5) is 0 Å². The molecule has 9 heteroatoms. The molecule has 1 aliphatic carbocycles. The Morgan fingerprint density at radius 3 is 2.97 bits per heavy atom. The molecule has 1 atom stereocenters. The van der Waals surface area contributed by atoms with E-state index in [1.807, 2.05) is 19.1 Å². The third-order valence-electron chi connectivity index (χ3n) is 5.24. The molecule has 0 fully saturated rings. The Kier molecular flexibility index (Phi) is 5.60. The lowest BCUT2D eigenvalue weighted by atomic mass is 9.78. The van der Waals surface area contributed by atoms with Gasteiger partial charge in [0.2, 0.25) is 0 Å². The highest BCUT2D eigenvalue weighted by Gasteiger charge is 2.37. The lowest BCUT2D eigenvalue weighted by molar-refractivity contribution is -0.116. The first-order valence-corrected chi connectivity index (χ1v) is 10.6. The lowest BCUT2D eigenvalue weighted by Crippen LogP contribution is -2.30. The molecule has 2 aromatic rings. The Hall–Kier alpha value is -3.46. The van der Waals surface area contributed by atoms with Crippen molar-refractivity contribution >= 4 is 29.5 Å². The number of nitrogens with zero attached hydrogens (tertiary/aromatic N) is 2. The Balaban J connectivity index is 1.65. The highest BCUT2D eigenvalue weighted by molar-refractivity contribution is 7.99. The van der Waals surface area contributed by atoms with E-state index in [0.717, 1.165) is 17.8 Å². The minimum atomic E-state index is -0.471. The van der Waals surface area contributed by atoms with Crippen molar-refractivity contribution in [1.29, 1.82) is 0 Å². The molecule has 6 N–H and O–H groups in total. The van der Waals surface area contributed by atoms with E-state index in [2.05, 4.69) is 21.5 Å². The van der Waals surface area contributed by atoms with Gasteiger partial charge in [0.25, 0.3) is 0 Å². The van der Waals surface area contributed by atoms with Crippen molar-refractivity contribution in [3.63, 3.8) is 0 Å². The zero-order valence-electron chi connectivity index (χ0n) is 17.0. The topological polar surface area (TPSA) is 144 Å². The number of ketones is 1. The fourth-order valence-electron chi connectivity index (χ4n) is 3.75. The summed E-state index contributed by atoms with van der Waals surface area (Å²) >= 11 is 1.30. The average Bonchev–Trinajstić information content (AvgIpc) is 3.33. The van der Waals surface area contributed by atoms with Crippen LogP contribution < -0.4 is 11.5 Å². The van der Waals surface area contributed by atoms with Crippen molar-refractivity contribution < 1.29 is 14.3 Å². The average molecular weight is 438 g/mol. The third kappa shape index (κ3) is 3.96. The minimum Gasteiger partial charge on any atom is -0.508 e. The van der Waals surface area contributed by atoms with Gasteiger partial charge in [-0.15, -0.1) is 0 Å². The van der Waals surface area contributed by atoms with Crippen LogP contribution in [0.3, 0.4) is 0 Å². The number of amidine groups is 1. The second kappa shape index (κ2) is 8.35. The maximum Gasteiger partial charge on any atom is 0.173 e. The normalized spacial score (nSPS) is 20.7. The summed E-state index contributed by atoms with van der Waals surface area (Å²) in [5.74, 6) is 0.498. The van der Waals surface area contributed by atoms with E-state index in [1.165, 1.54) is 30.1 Å². The van der Waals surface area contributed by atoms with Crippen LogP contribution >= 0.6 is 11.8 Å². The summed E-state index contributed by atoms with van der Waals surface area (Å²) in [7, 11) is 0. The molecule has 2 aromatic heterocycles. The number of rotatable bonds is 5. The summed E-state index contributed by atoms with van der Waals surface area (Å²) in [5.41, 5.74) is 15.3. The molecule has 160 valence electrons. The molecular weight excluding hydrogens is 414 g/mol. The number of carbonyl (C=O) groups excluding carboxylic acids is 1. The van der Waals surface area contributed by atoms with E-state index in [0.29, 0.717) is 51.5 Å². The zero-order chi connectivity index (χ0) is 22.1. The summed E-state index contributed by atoms with van der Waals surface area (Å²) in [5, 5.41) is 10.9. The number of allylic oxidation sites excluding steroid dienone is 3. The molecule has 3 heterocycles. The van der Waals surface area contributed by atoms with E-state index >= 15 is 0 Å². The minimum absolute atomic E-state index is 0.0327. The smallest absolute Gasteiger partial charge is 0.173 e. The SMILES string of the molecule is C=C/C(O)=C\c1nc(Sc2ccc(C3C4=C(CCCC4=O)N=C(N)/C3=C\N)o2)[nH]c1C. The molecule has 0 amide bonds. The van der Waals surface area contributed by atoms with Gasteiger partial charge in [0.15, 0.2) is 16.0 Å². The molecule has 2 aliphatic rings. The predicted octanol–water partition coefficient (Wildman–Crippen LogP) is 3.85. The Morgan fingerprint density at radius 2 is 2.23 bits per heavy atom. The van der Waals surface area contributed by atoms with Crippen LogP contribution in [0, 0.1) is 6.92 Å². The van der Waals surface area contributed by atoms with E-state index in [1.54, 1.807) is 0 Å². The van der Waals surface area contributed by atoms with Crippen LogP contribution in [0.1, 0.15) is 42.3 Å². The number of hydrogen-bond donors (Lipinski definition) is 4. The maximum absolute atomic E-state index is 12.7. The molecular formula is C22H23N5O3S. The molecule has 0 radical (unpaired) electrons. The predicted molar refractivity (Wildman–Crippen MR) is 119 cm³/mol. The van der Waals surface area contributed by atoms with E-state index < -0.39 is 5.92 Å². The van der Waals surface area contributed by atoms with E-state index in [4.69, 9.17) is 15.9 Å². The van der Waals surface area contributed by atoms with Gasteiger partial charge in [-0.05, 0) is 49.7 Å². The van der Waals surface area contributed by atoms with Crippen molar-refractivity contribution in [3.05, 3.63) is 70.7 Å². The Morgan fingerprint density at radius 1 is 1.42 bits per heavy atom. The quantitative estimate of drug-likeness (QED) is 0.411. The van der Waals surface area contributed by atoms with Crippen molar-refractivity contribution in [1.82, 2.24) is 9.97 Å². The van der Waals surface area contributed by atoms with Gasteiger partial charge in [0.05, 0.1) is 17.3 Å². The van der Waals surface area contributed by atoms with Gasteiger partial charge < -0.3 is 26.0 Å². The molecule has 0 saturated heterocycles. The van der Waals surface area contributed by atoms with E-state index in [-0.39, 0.29) is 11.5 Å². The molecule has 0 aromatic carbocycles. The van der Waals surface area contributed by atoms with Crippen LogP contribution in [-0.2, 0) is 4.79 Å². The van der Waals surface area contributed by atoms with Crippen LogP contribution in [0.15, 0.2) is 73.2 Å². The Labute approximate surface area is 183 Å². The number of Topliss-reactive ketones (excluding diaryl/α,β-unsaturated/α-hetero) is 1. The number of furan rings is 1. The molecule has 31 heavy (non-hydrogen) atoms. The van der Waals surface area contributed by atoms with Crippen LogP contribution in [0.2, 0.25) is 0 Å². The number of aliphatic hydroxyl groups is 1. The van der Waals surface area contributed by atoms with Crippen molar-refractivity contribution in [2.24, 2.45) is 16.5 Å². The number of aliphatic imine (C=N–C) groups is 1. The van der Waals surface area contributed by atoms with Crippen molar-refractivity contribution in [3.8, 4) is 0 Å². The summed E-state index contributed by atoms with van der Waals surface area (Å²) < 4.78 is 6.08. The van der Waals surface area contributed by atoms with Gasteiger partial charge in [-0.3, -0.25) is 4.79 Å². The number of carbonyl (C=O) groups is 1. The highest BCUT2D eigenvalue weighted by Crippen LogP contribution is 2.43. The number of imidazole rings is 1. The second-order valence-electron chi connectivity index (χ2n) is 7.27. The molecule has 4 rings (SSSR count). The van der Waals surface area contributed by atoms with Crippen LogP contribution in [0.5, 0.6) is 0 Å². The molecule has 1 aliphatic heterocycles. The number of H-pyrrole nitrogens is 1. The molecule has 0 saturated carbocycles. The molecule has 0 spiro atoms. The largest absolute Gasteiger partial charge is 0.508 e. The lowest BCUT2D eigenvalue weighted by Gasteiger charge is -2.29. The zero-order valence-corrected chi connectivity index (χ0v) is 17.8. The fourth-order valence-corrected chi connectivity index (χ4v) is 4.57. The van der Waals surface area contributed by atoms with Gasteiger partial charge in [-0.1, -0.05) is 6.58 Å². The summed E-state index contributed by atoms with van der Waals surface area (Å²) in [4.78, 5) is 24.7. The number of nitrogens with two attached hydrogens (primary N) is 2. The number of hydrogen-bond acceptors (Lipinski definition) is 8. The molecule has 8 nitrogen and oxygen atoms in total. The van der Waals surface area contributed by atoms with Gasteiger partial charge in [0.1, 0.15) is 17.4 Å². The van der Waals surface area contributed by atoms with Gasteiger partial charge >= 0.3 is 0 Å². The second-order valence-corrected chi connectivity index (χ2v) is 8.27. The van der Waals surface area contributed by atoms with E-state index in [9.17, 15) is 9.90 Å². The summed E-state index contributed by atoms with van der Waals surface area (Å²) in [6.07, 6.45) is 6.21. The number of aryl methyl sites for hydroxylation is 1. The Bertz CT molecular complexity index is 1180. The number of aromatic nitrogens is 2.